The molecule has 24 heavy (non-hydrogen) atoms. The minimum Gasteiger partial charge on any atom is -0.384 e. The summed E-state index contributed by atoms with van der Waals surface area (Å²) in [5.41, 5.74) is 6.94. The van der Waals surface area contributed by atoms with Crippen molar-refractivity contribution in [2.24, 2.45) is 10.9 Å². The molecule has 0 unspecified atom stereocenters. The van der Waals surface area contributed by atoms with E-state index in [9.17, 15) is 13.6 Å². The topological polar surface area (TPSA) is 76.7 Å². The first-order valence-electron chi connectivity index (χ1n) is 7.27. The number of benzene rings is 2. The van der Waals surface area contributed by atoms with E-state index in [1.165, 1.54) is 6.07 Å². The predicted molar refractivity (Wildman–Crippen MR) is 87.3 cm³/mol. The van der Waals surface area contributed by atoms with Crippen molar-refractivity contribution in [1.82, 2.24) is 0 Å². The number of nitrogens with two attached hydrogens (primary N) is 1. The molecule has 126 valence electrons. The van der Waals surface area contributed by atoms with Crippen LogP contribution in [0.4, 0.5) is 14.5 Å². The lowest BCUT2D eigenvalue weighted by molar-refractivity contribution is -0.120. The van der Waals surface area contributed by atoms with Crippen molar-refractivity contribution in [2.75, 3.05) is 11.9 Å². The summed E-state index contributed by atoms with van der Waals surface area (Å²) in [4.78, 5) is 16.5. The van der Waals surface area contributed by atoms with Gasteiger partial charge < -0.3 is 15.9 Å². The number of nitrogens with one attached hydrogen (secondary N) is 1. The van der Waals surface area contributed by atoms with Crippen LogP contribution in [0, 0.1) is 11.6 Å². The van der Waals surface area contributed by atoms with Gasteiger partial charge in [0.05, 0.1) is 0 Å². The second kappa shape index (κ2) is 8.61. The highest BCUT2D eigenvalue weighted by atomic mass is 19.2. The Balaban J connectivity index is 1.73. The third-order valence-corrected chi connectivity index (χ3v) is 3.09. The molecule has 7 heteroatoms. The monoisotopic (exact) mass is 333 g/mol. The number of nitrogens with zero attached hydrogens (tertiary/aromatic N) is 1. The fraction of sp³-hybridized carbons (Fsp3) is 0.176. The summed E-state index contributed by atoms with van der Waals surface area (Å²) in [5, 5.41) is 6.01. The van der Waals surface area contributed by atoms with E-state index in [-0.39, 0.29) is 18.1 Å². The molecular weight excluding hydrogens is 316 g/mol. The Labute approximate surface area is 138 Å². The maximum Gasteiger partial charge on any atom is 0.265 e. The first kappa shape index (κ1) is 17.4. The zero-order chi connectivity index (χ0) is 17.4. The zero-order valence-electron chi connectivity index (χ0n) is 12.8. The third kappa shape index (κ3) is 5.68. The van der Waals surface area contributed by atoms with E-state index >= 15 is 0 Å². The minimum atomic E-state index is -1.04. The molecule has 0 saturated carbocycles. The van der Waals surface area contributed by atoms with Gasteiger partial charge in [0.25, 0.3) is 5.91 Å². The van der Waals surface area contributed by atoms with Crippen molar-refractivity contribution in [1.29, 1.82) is 0 Å². The van der Waals surface area contributed by atoms with E-state index in [0.29, 0.717) is 12.8 Å². The average Bonchev–Trinajstić information content (AvgIpc) is 2.57. The SMILES string of the molecule is N/C(CCc1ccccc1)=N\OCC(=O)Nc1ccc(F)c(F)c1. The van der Waals surface area contributed by atoms with Crippen LogP contribution >= 0.6 is 0 Å². The van der Waals surface area contributed by atoms with Gasteiger partial charge in [0.15, 0.2) is 18.2 Å². The number of carbonyl (C=O) groups is 1. The molecule has 0 aliphatic heterocycles. The highest BCUT2D eigenvalue weighted by Crippen LogP contribution is 2.12. The number of aryl methyl sites for hydroxylation is 1. The van der Waals surface area contributed by atoms with Gasteiger partial charge in [0.2, 0.25) is 0 Å². The van der Waals surface area contributed by atoms with Crippen LogP contribution < -0.4 is 11.1 Å². The van der Waals surface area contributed by atoms with Crippen molar-refractivity contribution in [3.63, 3.8) is 0 Å². The molecular formula is C17H17F2N3O2. The van der Waals surface area contributed by atoms with Crippen LogP contribution in [0.3, 0.4) is 0 Å². The molecule has 0 aliphatic rings. The molecule has 0 radical (unpaired) electrons. The fourth-order valence-electron chi connectivity index (χ4n) is 1.91. The standard InChI is InChI=1S/C17H17F2N3O2/c18-14-8-7-13(10-15(14)19)21-17(23)11-24-22-16(20)9-6-12-4-2-1-3-5-12/h1-5,7-8,10H,6,9,11H2,(H2,20,22)(H,21,23). The molecule has 0 aliphatic carbocycles. The Morgan fingerprint density at radius 2 is 1.88 bits per heavy atom. The highest BCUT2D eigenvalue weighted by Gasteiger charge is 2.06. The number of hydrogen-bond acceptors (Lipinski definition) is 3. The fourth-order valence-corrected chi connectivity index (χ4v) is 1.91. The van der Waals surface area contributed by atoms with Crippen LogP contribution in [-0.2, 0) is 16.1 Å². The van der Waals surface area contributed by atoms with Gasteiger partial charge in [0.1, 0.15) is 5.84 Å². The molecule has 0 atom stereocenters. The molecule has 2 aromatic carbocycles. The summed E-state index contributed by atoms with van der Waals surface area (Å²) >= 11 is 0. The summed E-state index contributed by atoms with van der Waals surface area (Å²) in [5.74, 6) is -2.32. The van der Waals surface area contributed by atoms with E-state index in [2.05, 4.69) is 10.5 Å². The van der Waals surface area contributed by atoms with Crippen molar-refractivity contribution in [3.8, 4) is 0 Å². The van der Waals surface area contributed by atoms with E-state index in [1.54, 1.807) is 0 Å². The summed E-state index contributed by atoms with van der Waals surface area (Å²) in [6, 6.07) is 12.8. The summed E-state index contributed by atoms with van der Waals surface area (Å²) in [6.45, 7) is -0.384. The largest absolute Gasteiger partial charge is 0.384 e. The second-order valence-electron chi connectivity index (χ2n) is 5.02. The molecule has 0 bridgehead atoms. The molecule has 0 spiro atoms. The van der Waals surface area contributed by atoms with Crippen LogP contribution in [0.15, 0.2) is 53.7 Å². The highest BCUT2D eigenvalue weighted by molar-refractivity contribution is 5.91. The summed E-state index contributed by atoms with van der Waals surface area (Å²) in [6.07, 6.45) is 1.20. The van der Waals surface area contributed by atoms with Crippen molar-refractivity contribution < 1.29 is 18.4 Å². The lowest BCUT2D eigenvalue weighted by atomic mass is 10.1. The van der Waals surface area contributed by atoms with E-state index in [0.717, 1.165) is 17.7 Å². The quantitative estimate of drug-likeness (QED) is 0.465. The van der Waals surface area contributed by atoms with Gasteiger partial charge in [-0.2, -0.15) is 0 Å². The van der Waals surface area contributed by atoms with E-state index in [1.807, 2.05) is 30.3 Å². The number of carbonyl (C=O) groups excluding carboxylic acids is 1. The van der Waals surface area contributed by atoms with Crippen molar-refractivity contribution in [2.45, 2.75) is 12.8 Å². The Morgan fingerprint density at radius 1 is 1.12 bits per heavy atom. The van der Waals surface area contributed by atoms with Crippen LogP contribution in [0.5, 0.6) is 0 Å². The first-order chi connectivity index (χ1) is 11.5. The minimum absolute atomic E-state index is 0.128. The molecule has 1 amide bonds. The van der Waals surface area contributed by atoms with Gasteiger partial charge in [-0.05, 0) is 24.1 Å². The van der Waals surface area contributed by atoms with Gasteiger partial charge in [-0.3, -0.25) is 4.79 Å². The number of amides is 1. The molecule has 0 fully saturated rings. The number of anilines is 1. The summed E-state index contributed by atoms with van der Waals surface area (Å²) in [7, 11) is 0. The van der Waals surface area contributed by atoms with Gasteiger partial charge in [0, 0.05) is 18.2 Å². The molecule has 0 heterocycles. The third-order valence-electron chi connectivity index (χ3n) is 3.09. The number of halogens is 2. The van der Waals surface area contributed by atoms with Gasteiger partial charge >= 0.3 is 0 Å². The Hall–Kier alpha value is -2.96. The molecule has 2 rings (SSSR count). The van der Waals surface area contributed by atoms with Crippen LogP contribution in [0.25, 0.3) is 0 Å². The van der Waals surface area contributed by atoms with Crippen molar-refractivity contribution >= 4 is 17.4 Å². The van der Waals surface area contributed by atoms with E-state index < -0.39 is 17.5 Å². The lowest BCUT2D eigenvalue weighted by Gasteiger charge is -2.05. The van der Waals surface area contributed by atoms with Gasteiger partial charge in [-0.1, -0.05) is 35.5 Å². The Morgan fingerprint density at radius 3 is 2.58 bits per heavy atom. The Kier molecular flexibility index (Phi) is 6.24. The summed E-state index contributed by atoms with van der Waals surface area (Å²) < 4.78 is 25.8. The van der Waals surface area contributed by atoms with Gasteiger partial charge in [-0.25, -0.2) is 8.78 Å². The van der Waals surface area contributed by atoms with E-state index in [4.69, 9.17) is 10.6 Å². The number of oxime groups is 1. The average molecular weight is 333 g/mol. The first-order valence-corrected chi connectivity index (χ1v) is 7.27. The number of amidine groups is 1. The van der Waals surface area contributed by atoms with Crippen LogP contribution in [-0.4, -0.2) is 18.3 Å². The molecule has 0 saturated heterocycles. The lowest BCUT2D eigenvalue weighted by Crippen LogP contribution is -2.19. The van der Waals surface area contributed by atoms with Crippen LogP contribution in [0.2, 0.25) is 0 Å². The number of hydrogen-bond donors (Lipinski definition) is 2. The maximum absolute atomic E-state index is 13.0. The Bertz CT molecular complexity index is 721. The molecule has 3 N–H and O–H groups in total. The second-order valence-corrected chi connectivity index (χ2v) is 5.02. The predicted octanol–water partition coefficient (Wildman–Crippen LogP) is 2.82. The van der Waals surface area contributed by atoms with Crippen molar-refractivity contribution in [3.05, 3.63) is 65.7 Å². The van der Waals surface area contributed by atoms with Crippen LogP contribution in [0.1, 0.15) is 12.0 Å². The normalized spacial score (nSPS) is 11.2. The maximum atomic E-state index is 13.0. The molecule has 2 aromatic rings. The molecule has 5 nitrogen and oxygen atoms in total. The number of rotatable bonds is 7. The zero-order valence-corrected chi connectivity index (χ0v) is 12.8. The smallest absolute Gasteiger partial charge is 0.265 e. The molecule has 0 aromatic heterocycles. The van der Waals surface area contributed by atoms with Gasteiger partial charge in [-0.15, -0.1) is 0 Å².